The zero-order valence-corrected chi connectivity index (χ0v) is 20.8. The van der Waals surface area contributed by atoms with Gasteiger partial charge in [0.2, 0.25) is 0 Å². The Hall–Kier alpha value is -4.24. The van der Waals surface area contributed by atoms with Crippen molar-refractivity contribution in [2.75, 3.05) is 37.6 Å². The third-order valence-corrected chi connectivity index (χ3v) is 6.92. The molecule has 1 fully saturated rings. The molecule has 2 N–H and O–H groups in total. The first-order valence-electron chi connectivity index (χ1n) is 12.6. The lowest BCUT2D eigenvalue weighted by molar-refractivity contribution is -0.384. The van der Waals surface area contributed by atoms with Crippen molar-refractivity contribution in [3.8, 4) is 0 Å². The van der Waals surface area contributed by atoms with Gasteiger partial charge in [-0.25, -0.2) is 4.98 Å². The molecule has 0 saturated carbocycles. The molecule has 2 heterocycles. The number of nitro groups is 1. The minimum atomic E-state index is -0.442. The number of aromatic amines is 1. The first-order valence-corrected chi connectivity index (χ1v) is 12.6. The Labute approximate surface area is 215 Å². The molecule has 9 heteroatoms. The number of nitro benzene ring substituents is 1. The van der Waals surface area contributed by atoms with Gasteiger partial charge in [-0.1, -0.05) is 49.4 Å². The standard InChI is InChI=1S/C28H30N6O3/c1-2-32-14-16-33(17-15-32)25-13-12-21(19-26(25)34(36)37)28(35)31-24(18-20-8-4-3-5-9-20)27-29-22-10-6-7-11-23(22)30-27/h3-13,19,24H,2,14-18H2,1H3,(H,29,30)(H,31,35)/t24-/m0/s1. The Balaban J connectivity index is 1.41. The van der Waals surface area contributed by atoms with Gasteiger partial charge in [-0.3, -0.25) is 14.9 Å². The first kappa shape index (κ1) is 24.5. The van der Waals surface area contributed by atoms with E-state index in [4.69, 9.17) is 4.98 Å². The number of hydrogen-bond acceptors (Lipinski definition) is 6. The third kappa shape index (κ3) is 5.46. The summed E-state index contributed by atoms with van der Waals surface area (Å²) in [7, 11) is 0. The van der Waals surface area contributed by atoms with Gasteiger partial charge in [-0.15, -0.1) is 0 Å². The minimum Gasteiger partial charge on any atom is -0.363 e. The summed E-state index contributed by atoms with van der Waals surface area (Å²) in [5, 5.41) is 15.0. The molecular weight excluding hydrogens is 468 g/mol. The summed E-state index contributed by atoms with van der Waals surface area (Å²) in [6, 6.07) is 21.9. The molecule has 0 aliphatic carbocycles. The van der Waals surface area contributed by atoms with Gasteiger partial charge >= 0.3 is 0 Å². The van der Waals surface area contributed by atoms with Crippen molar-refractivity contribution in [2.24, 2.45) is 0 Å². The van der Waals surface area contributed by atoms with E-state index in [-0.39, 0.29) is 17.2 Å². The number of nitrogens with one attached hydrogen (secondary N) is 2. The van der Waals surface area contributed by atoms with Gasteiger partial charge in [0.15, 0.2) is 0 Å². The number of piperazine rings is 1. The number of H-pyrrole nitrogens is 1. The van der Waals surface area contributed by atoms with E-state index in [1.807, 2.05) is 59.5 Å². The number of likely N-dealkylation sites (N-methyl/N-ethyl adjacent to an activating group) is 1. The highest BCUT2D eigenvalue weighted by Crippen LogP contribution is 2.30. The van der Waals surface area contributed by atoms with E-state index in [1.165, 1.54) is 6.07 Å². The van der Waals surface area contributed by atoms with Crippen molar-refractivity contribution < 1.29 is 9.72 Å². The molecule has 37 heavy (non-hydrogen) atoms. The Morgan fingerprint density at radius 3 is 2.49 bits per heavy atom. The van der Waals surface area contributed by atoms with Gasteiger partial charge in [0.25, 0.3) is 11.6 Å². The average Bonchev–Trinajstić information content (AvgIpc) is 3.37. The summed E-state index contributed by atoms with van der Waals surface area (Å²) in [6.45, 7) is 6.21. The largest absolute Gasteiger partial charge is 0.363 e. The van der Waals surface area contributed by atoms with Crippen LogP contribution in [0.3, 0.4) is 0 Å². The smallest absolute Gasteiger partial charge is 0.293 e. The minimum absolute atomic E-state index is 0.0547. The number of nitrogens with zero attached hydrogens (tertiary/aromatic N) is 4. The van der Waals surface area contributed by atoms with E-state index in [0.29, 0.717) is 31.0 Å². The Morgan fingerprint density at radius 2 is 1.78 bits per heavy atom. The predicted octanol–water partition coefficient (Wildman–Crippen LogP) is 4.33. The van der Waals surface area contributed by atoms with Crippen LogP contribution in [0.4, 0.5) is 11.4 Å². The molecule has 0 bridgehead atoms. The number of carbonyl (C=O) groups is 1. The molecule has 1 saturated heterocycles. The van der Waals surface area contributed by atoms with Crippen LogP contribution < -0.4 is 10.2 Å². The number of hydrogen-bond donors (Lipinski definition) is 2. The normalized spacial score (nSPS) is 15.0. The van der Waals surface area contributed by atoms with Crippen molar-refractivity contribution in [3.63, 3.8) is 0 Å². The lowest BCUT2D eigenvalue weighted by Crippen LogP contribution is -2.46. The Morgan fingerprint density at radius 1 is 1.05 bits per heavy atom. The van der Waals surface area contributed by atoms with E-state index in [2.05, 4.69) is 22.1 Å². The van der Waals surface area contributed by atoms with Gasteiger partial charge in [-0.05, 0) is 42.8 Å². The van der Waals surface area contributed by atoms with Crippen molar-refractivity contribution in [2.45, 2.75) is 19.4 Å². The second-order valence-corrected chi connectivity index (χ2v) is 9.24. The van der Waals surface area contributed by atoms with Crippen LogP contribution in [0.15, 0.2) is 72.8 Å². The molecule has 0 spiro atoms. The number of para-hydroxylation sites is 2. The summed E-state index contributed by atoms with van der Waals surface area (Å²) in [5.74, 6) is 0.255. The second-order valence-electron chi connectivity index (χ2n) is 9.24. The second kappa shape index (κ2) is 10.8. The highest BCUT2D eigenvalue weighted by molar-refractivity contribution is 5.96. The number of carbonyl (C=O) groups excluding carboxylic acids is 1. The summed E-state index contributed by atoms with van der Waals surface area (Å²) >= 11 is 0. The van der Waals surface area contributed by atoms with Crippen LogP contribution in [0.25, 0.3) is 11.0 Å². The van der Waals surface area contributed by atoms with Crippen LogP contribution >= 0.6 is 0 Å². The van der Waals surface area contributed by atoms with E-state index in [1.54, 1.807) is 12.1 Å². The highest BCUT2D eigenvalue weighted by atomic mass is 16.6. The molecule has 1 aromatic heterocycles. The quantitative estimate of drug-likeness (QED) is 0.277. The zero-order chi connectivity index (χ0) is 25.8. The third-order valence-electron chi connectivity index (χ3n) is 6.92. The summed E-state index contributed by atoms with van der Waals surface area (Å²) in [4.78, 5) is 37.3. The predicted molar refractivity (Wildman–Crippen MR) is 144 cm³/mol. The molecular formula is C28H30N6O3. The number of aromatic nitrogens is 2. The number of imidazole rings is 1. The van der Waals surface area contributed by atoms with Crippen LogP contribution in [0.2, 0.25) is 0 Å². The van der Waals surface area contributed by atoms with E-state index in [0.717, 1.165) is 36.2 Å². The van der Waals surface area contributed by atoms with Gasteiger partial charge in [0.05, 0.1) is 22.0 Å². The van der Waals surface area contributed by atoms with Crippen LogP contribution in [0, 0.1) is 10.1 Å². The lowest BCUT2D eigenvalue weighted by atomic mass is 10.0. The first-order chi connectivity index (χ1) is 18.0. The van der Waals surface area contributed by atoms with Crippen molar-refractivity contribution >= 4 is 28.3 Å². The monoisotopic (exact) mass is 498 g/mol. The van der Waals surface area contributed by atoms with Crippen LogP contribution in [-0.2, 0) is 6.42 Å². The number of rotatable bonds is 8. The Bertz CT molecular complexity index is 1360. The molecule has 4 aromatic rings. The molecule has 1 amide bonds. The molecule has 0 radical (unpaired) electrons. The average molecular weight is 499 g/mol. The molecule has 1 aliphatic rings. The molecule has 5 rings (SSSR count). The molecule has 1 atom stereocenters. The zero-order valence-electron chi connectivity index (χ0n) is 20.8. The van der Waals surface area contributed by atoms with Gasteiger partial charge in [0, 0.05) is 37.8 Å². The fraction of sp³-hybridized carbons (Fsp3) is 0.286. The summed E-state index contributed by atoms with van der Waals surface area (Å²) in [6.07, 6.45) is 0.522. The van der Waals surface area contributed by atoms with Crippen LogP contribution in [0.1, 0.15) is 34.7 Å². The number of fused-ring (bicyclic) bond motifs is 1. The van der Waals surface area contributed by atoms with E-state index >= 15 is 0 Å². The number of benzene rings is 3. The lowest BCUT2D eigenvalue weighted by Gasteiger charge is -2.35. The molecule has 9 nitrogen and oxygen atoms in total. The highest BCUT2D eigenvalue weighted by Gasteiger charge is 2.26. The van der Waals surface area contributed by atoms with Crippen molar-refractivity contribution in [1.82, 2.24) is 20.2 Å². The maximum Gasteiger partial charge on any atom is 0.293 e. The maximum atomic E-state index is 13.4. The van der Waals surface area contributed by atoms with Crippen LogP contribution in [-0.4, -0.2) is 58.4 Å². The molecule has 0 unspecified atom stereocenters. The molecule has 3 aromatic carbocycles. The van der Waals surface area contributed by atoms with Gasteiger partial charge < -0.3 is 20.1 Å². The fourth-order valence-electron chi connectivity index (χ4n) is 4.83. The topological polar surface area (TPSA) is 107 Å². The number of amides is 1. The van der Waals surface area contributed by atoms with Gasteiger partial charge in [-0.2, -0.15) is 0 Å². The molecule has 1 aliphatic heterocycles. The maximum absolute atomic E-state index is 13.4. The van der Waals surface area contributed by atoms with Crippen molar-refractivity contribution in [3.05, 3.63) is 99.9 Å². The summed E-state index contributed by atoms with van der Waals surface area (Å²) < 4.78 is 0. The van der Waals surface area contributed by atoms with Gasteiger partial charge in [0.1, 0.15) is 11.5 Å². The SMILES string of the molecule is CCN1CCN(c2ccc(C(=O)N[C@@H](Cc3ccccc3)c3nc4ccccc4[nH]3)cc2[N+](=O)[O-])CC1. The molecule has 190 valence electrons. The number of anilines is 1. The van der Waals surface area contributed by atoms with Crippen LogP contribution in [0.5, 0.6) is 0 Å². The summed E-state index contributed by atoms with van der Waals surface area (Å²) in [5.41, 5.74) is 3.48. The van der Waals surface area contributed by atoms with E-state index in [9.17, 15) is 14.9 Å². The van der Waals surface area contributed by atoms with E-state index < -0.39 is 11.0 Å². The van der Waals surface area contributed by atoms with Crippen molar-refractivity contribution in [1.29, 1.82) is 0 Å². The Kier molecular flexibility index (Phi) is 7.14. The fourth-order valence-corrected chi connectivity index (χ4v) is 4.83.